The van der Waals surface area contributed by atoms with Crippen LogP contribution in [0.2, 0.25) is 0 Å². The summed E-state index contributed by atoms with van der Waals surface area (Å²) in [7, 11) is 0. The molecule has 32 heavy (non-hydrogen) atoms. The van der Waals surface area contributed by atoms with Crippen molar-refractivity contribution in [3.63, 3.8) is 0 Å². The number of amides is 1. The van der Waals surface area contributed by atoms with Gasteiger partial charge in [0.2, 0.25) is 5.91 Å². The van der Waals surface area contributed by atoms with E-state index in [1.807, 2.05) is 38.1 Å². The summed E-state index contributed by atoms with van der Waals surface area (Å²) >= 11 is 0. The van der Waals surface area contributed by atoms with Crippen molar-refractivity contribution in [2.75, 3.05) is 18.4 Å². The van der Waals surface area contributed by atoms with E-state index in [2.05, 4.69) is 19.2 Å². The van der Waals surface area contributed by atoms with E-state index in [9.17, 15) is 14.9 Å². The van der Waals surface area contributed by atoms with Crippen LogP contribution in [0.4, 0.5) is 5.69 Å². The molecule has 1 aromatic carbocycles. The first-order valence-electron chi connectivity index (χ1n) is 11.9. The zero-order valence-electron chi connectivity index (χ0n) is 19.3. The molecule has 2 saturated heterocycles. The third-order valence-corrected chi connectivity index (χ3v) is 9.55. The van der Waals surface area contributed by atoms with Crippen LogP contribution in [0.3, 0.4) is 0 Å². The molecule has 5 aliphatic rings. The predicted octanol–water partition coefficient (Wildman–Crippen LogP) is 2.57. The average molecular weight is 439 g/mol. The molecule has 0 bridgehead atoms. The van der Waals surface area contributed by atoms with E-state index < -0.39 is 22.0 Å². The molecule has 1 unspecified atom stereocenters. The van der Waals surface area contributed by atoms with E-state index in [-0.39, 0.29) is 23.2 Å². The van der Waals surface area contributed by atoms with Gasteiger partial charge in [-0.25, -0.2) is 0 Å². The highest BCUT2D eigenvalue weighted by Gasteiger charge is 2.79. The molecule has 4 heterocycles. The van der Waals surface area contributed by atoms with Gasteiger partial charge < -0.3 is 15.0 Å². The van der Waals surface area contributed by atoms with Gasteiger partial charge in [0.15, 0.2) is 0 Å². The second-order valence-electron chi connectivity index (χ2n) is 11.8. The number of nitro groups is 1. The molecular weight excluding hydrogens is 406 g/mol. The predicted molar refractivity (Wildman–Crippen MR) is 120 cm³/mol. The zero-order valence-corrected chi connectivity index (χ0v) is 19.3. The van der Waals surface area contributed by atoms with Gasteiger partial charge in [-0.15, -0.1) is 0 Å². The van der Waals surface area contributed by atoms with Crippen molar-refractivity contribution >= 4 is 17.7 Å². The van der Waals surface area contributed by atoms with Crippen molar-refractivity contribution in [2.45, 2.75) is 76.0 Å². The Balaban J connectivity index is 1.53. The Hall–Kier alpha value is -2.41. The lowest BCUT2D eigenvalue weighted by atomic mass is 9.60. The van der Waals surface area contributed by atoms with Crippen LogP contribution in [0.1, 0.15) is 64.5 Å². The summed E-state index contributed by atoms with van der Waals surface area (Å²) in [5.41, 5.74) is -0.358. The minimum absolute atomic E-state index is 0.0229. The fourth-order valence-electron chi connectivity index (χ4n) is 8.02. The van der Waals surface area contributed by atoms with Crippen LogP contribution in [-0.4, -0.2) is 41.1 Å². The molecule has 4 aliphatic heterocycles. The summed E-state index contributed by atoms with van der Waals surface area (Å²) in [5.74, 6) is 0.529. The van der Waals surface area contributed by atoms with Crippen molar-refractivity contribution in [3.05, 3.63) is 39.4 Å². The monoisotopic (exact) mass is 438 g/mol. The third-order valence-electron chi connectivity index (χ3n) is 9.55. The number of hydrogen-bond donors (Lipinski definition) is 2. The summed E-state index contributed by atoms with van der Waals surface area (Å²) in [5, 5.41) is 15.9. The SMILES string of the molecule is CC1(C)C=Cc2c(ccc3c2NC(=O)[C@]32C[C@@]3([N+](=O)[O-])C[NH+]4CCC[C@H]4C[C@@H]3C2(C)C)O1. The highest BCUT2D eigenvalue weighted by Crippen LogP contribution is 2.67. The number of anilines is 1. The molecule has 7 nitrogen and oxygen atoms in total. The number of ether oxygens (including phenoxy) is 1. The maximum atomic E-state index is 13.8. The van der Waals surface area contributed by atoms with E-state index in [0.29, 0.717) is 12.6 Å². The topological polar surface area (TPSA) is 85.9 Å². The van der Waals surface area contributed by atoms with E-state index in [1.54, 1.807) is 0 Å². The number of benzene rings is 1. The van der Waals surface area contributed by atoms with Crippen LogP contribution < -0.4 is 15.0 Å². The maximum Gasteiger partial charge on any atom is 0.274 e. The third kappa shape index (κ3) is 2.23. The number of nitrogens with one attached hydrogen (secondary N) is 2. The summed E-state index contributed by atoms with van der Waals surface area (Å²) in [6, 6.07) is 4.41. The Morgan fingerprint density at radius 1 is 1.25 bits per heavy atom. The number of quaternary nitrogens is 1. The molecule has 3 fully saturated rings. The number of rotatable bonds is 1. The van der Waals surface area contributed by atoms with E-state index in [0.717, 1.165) is 48.4 Å². The Morgan fingerprint density at radius 2 is 2.03 bits per heavy atom. The van der Waals surface area contributed by atoms with Crippen molar-refractivity contribution < 1.29 is 19.4 Å². The van der Waals surface area contributed by atoms with Gasteiger partial charge in [0.05, 0.1) is 23.7 Å². The van der Waals surface area contributed by atoms with Crippen LogP contribution in [0.15, 0.2) is 18.2 Å². The zero-order chi connectivity index (χ0) is 22.7. The van der Waals surface area contributed by atoms with Gasteiger partial charge in [-0.2, -0.15) is 0 Å². The number of hydrogen-bond acceptors (Lipinski definition) is 4. The highest BCUT2D eigenvalue weighted by molar-refractivity contribution is 6.09. The Labute approximate surface area is 188 Å². The molecule has 170 valence electrons. The quantitative estimate of drug-likeness (QED) is 0.521. The number of carbonyl (C=O) groups is 1. The summed E-state index contributed by atoms with van der Waals surface area (Å²) in [4.78, 5) is 27.9. The molecule has 1 aliphatic carbocycles. The lowest BCUT2D eigenvalue weighted by molar-refractivity contribution is -0.938. The molecule has 5 atom stereocenters. The largest absolute Gasteiger partial charge is 0.483 e. The van der Waals surface area contributed by atoms with Gasteiger partial charge in [0.1, 0.15) is 17.9 Å². The lowest BCUT2D eigenvalue weighted by Crippen LogP contribution is -3.17. The number of nitrogens with zero attached hydrogens (tertiary/aromatic N) is 1. The van der Waals surface area contributed by atoms with Crippen molar-refractivity contribution in [3.8, 4) is 5.75 Å². The molecule has 2 N–H and O–H groups in total. The van der Waals surface area contributed by atoms with Gasteiger partial charge in [-0.1, -0.05) is 19.9 Å². The summed E-state index contributed by atoms with van der Waals surface area (Å²) in [6.07, 6.45) is 7.41. The maximum absolute atomic E-state index is 13.8. The van der Waals surface area contributed by atoms with E-state index >= 15 is 0 Å². The normalized spacial score (nSPS) is 39.6. The Bertz CT molecular complexity index is 1090. The van der Waals surface area contributed by atoms with Crippen LogP contribution >= 0.6 is 0 Å². The fourth-order valence-corrected chi connectivity index (χ4v) is 8.02. The first kappa shape index (κ1) is 20.2. The summed E-state index contributed by atoms with van der Waals surface area (Å²) in [6.45, 7) is 9.75. The second kappa shape index (κ2) is 5.93. The van der Waals surface area contributed by atoms with Gasteiger partial charge in [0, 0.05) is 42.1 Å². The first-order valence-corrected chi connectivity index (χ1v) is 11.9. The molecule has 0 radical (unpaired) electrons. The van der Waals surface area contributed by atoms with Crippen LogP contribution in [0.25, 0.3) is 6.08 Å². The number of carbonyl (C=O) groups excluding carboxylic acids is 1. The van der Waals surface area contributed by atoms with Gasteiger partial charge >= 0.3 is 0 Å². The van der Waals surface area contributed by atoms with E-state index in [4.69, 9.17) is 4.74 Å². The van der Waals surface area contributed by atoms with Crippen molar-refractivity contribution in [1.29, 1.82) is 0 Å². The van der Waals surface area contributed by atoms with Crippen LogP contribution in [0.5, 0.6) is 5.75 Å². The molecule has 1 spiro atoms. The molecule has 7 heteroatoms. The average Bonchev–Trinajstić information content (AvgIpc) is 3.33. The highest BCUT2D eigenvalue weighted by atomic mass is 16.6. The molecular formula is C25H32N3O4+. The first-order chi connectivity index (χ1) is 15.0. The van der Waals surface area contributed by atoms with Crippen LogP contribution in [0, 0.1) is 21.4 Å². The number of fused-ring (bicyclic) bond motifs is 6. The van der Waals surface area contributed by atoms with Gasteiger partial charge in [-0.05, 0) is 43.0 Å². The van der Waals surface area contributed by atoms with Crippen molar-refractivity contribution in [2.24, 2.45) is 11.3 Å². The van der Waals surface area contributed by atoms with E-state index in [1.165, 1.54) is 4.90 Å². The lowest BCUT2D eigenvalue weighted by Gasteiger charge is -2.43. The Morgan fingerprint density at radius 3 is 2.78 bits per heavy atom. The number of piperidine rings is 1. The smallest absolute Gasteiger partial charge is 0.274 e. The molecule has 6 rings (SSSR count). The minimum atomic E-state index is -1.07. The van der Waals surface area contributed by atoms with Gasteiger partial charge in [0.25, 0.3) is 5.54 Å². The molecule has 1 aromatic rings. The molecule has 0 aromatic heterocycles. The van der Waals surface area contributed by atoms with Gasteiger partial charge in [-0.3, -0.25) is 14.9 Å². The summed E-state index contributed by atoms with van der Waals surface area (Å²) < 4.78 is 6.14. The standard InChI is InChI=1S/C25H31N3O4/c1-22(2)10-9-16-18(32-22)8-7-17-20(16)26-21(29)25(17)13-24(28(30)31)14-27-11-5-6-15(27)12-19(24)23(25,3)4/h7-10,15,19H,5-6,11-14H2,1-4H3,(H,26,29)/p+1/t15-,19+,24+,25-/m0/s1. The second-order valence-corrected chi connectivity index (χ2v) is 11.8. The minimum Gasteiger partial charge on any atom is -0.483 e. The molecule has 1 saturated carbocycles. The van der Waals surface area contributed by atoms with Crippen molar-refractivity contribution in [1.82, 2.24) is 0 Å². The Kier molecular flexibility index (Phi) is 3.74. The van der Waals surface area contributed by atoms with Crippen LogP contribution in [-0.2, 0) is 10.2 Å². The molecule has 1 amide bonds. The fraction of sp³-hybridized carbons (Fsp3) is 0.640.